The number of H-pyrrole nitrogens is 1. The van der Waals surface area contributed by atoms with Crippen LogP contribution in [0, 0.1) is 5.92 Å². The smallest absolute Gasteiger partial charge is 0.356 e. The van der Waals surface area contributed by atoms with Crippen molar-refractivity contribution in [2.45, 2.75) is 32.4 Å². The Kier molecular flexibility index (Phi) is 5.68. The van der Waals surface area contributed by atoms with Crippen LogP contribution in [0.25, 0.3) is 10.9 Å². The molecule has 2 unspecified atom stereocenters. The monoisotopic (exact) mass is 452 g/mol. The van der Waals surface area contributed by atoms with E-state index < -0.39 is 29.4 Å². The predicted octanol–water partition coefficient (Wildman–Crippen LogP) is 3.34. The number of para-hydroxylation sites is 1. The van der Waals surface area contributed by atoms with Gasteiger partial charge in [0.05, 0.1) is 23.4 Å². The van der Waals surface area contributed by atoms with Crippen LogP contribution in [0.3, 0.4) is 0 Å². The van der Waals surface area contributed by atoms with Crippen LogP contribution in [-0.2, 0) is 9.53 Å². The van der Waals surface area contributed by atoms with Crippen molar-refractivity contribution in [1.29, 1.82) is 0 Å². The molecule has 3 heterocycles. The van der Waals surface area contributed by atoms with Crippen LogP contribution in [0.5, 0.6) is 0 Å². The molecule has 8 nitrogen and oxygen atoms in total. The van der Waals surface area contributed by atoms with Gasteiger partial charge in [0.15, 0.2) is 5.78 Å². The molecule has 0 spiro atoms. The Morgan fingerprint density at radius 2 is 1.94 bits per heavy atom. The number of carbonyl (C=O) groups is 3. The number of pyridine rings is 1. The molecule has 1 aromatic carbocycles. The van der Waals surface area contributed by atoms with Gasteiger partial charge >= 0.3 is 5.97 Å². The number of amides is 1. The predicted molar refractivity (Wildman–Crippen MR) is 123 cm³/mol. The van der Waals surface area contributed by atoms with Crippen molar-refractivity contribution in [2.75, 3.05) is 10.1 Å². The number of aromatic nitrogens is 2. The average Bonchev–Trinajstić information content (AvgIpc) is 3.35. The molecule has 166 valence electrons. The van der Waals surface area contributed by atoms with Crippen LogP contribution in [0.4, 0.5) is 5.69 Å². The van der Waals surface area contributed by atoms with Gasteiger partial charge in [-0.05, 0) is 50.9 Å². The van der Waals surface area contributed by atoms with Crippen molar-refractivity contribution in [1.82, 2.24) is 9.97 Å². The average molecular weight is 453 g/mol. The summed E-state index contributed by atoms with van der Waals surface area (Å²) in [4.78, 5) is 46.3. The van der Waals surface area contributed by atoms with Gasteiger partial charge in [-0.1, -0.05) is 18.2 Å². The van der Waals surface area contributed by atoms with E-state index in [2.05, 4.69) is 9.97 Å². The molecule has 0 radical (unpaired) electrons. The summed E-state index contributed by atoms with van der Waals surface area (Å²) in [5.41, 5.74) is 6.63. The molecule has 0 saturated carbocycles. The van der Waals surface area contributed by atoms with Gasteiger partial charge in [-0.25, -0.2) is 4.79 Å². The van der Waals surface area contributed by atoms with Crippen molar-refractivity contribution in [2.24, 2.45) is 11.7 Å². The number of anilines is 1. The topological polar surface area (TPSA) is 118 Å². The molecule has 1 fully saturated rings. The minimum absolute atomic E-state index is 0.0826. The number of primary amides is 1. The number of nitrogens with two attached hydrogens (primary N) is 1. The van der Waals surface area contributed by atoms with Crippen LogP contribution >= 0.6 is 11.9 Å². The maximum Gasteiger partial charge on any atom is 0.356 e. The second kappa shape index (κ2) is 8.31. The molecule has 1 aliphatic rings. The molecule has 1 amide bonds. The summed E-state index contributed by atoms with van der Waals surface area (Å²) in [6.07, 6.45) is 3.25. The molecular weight excluding hydrogens is 428 g/mol. The SMILES string of the molecule is CC(C)(C)OC(=O)c1[nH]c2ccccc2c1C(=O)C1CSN(c2cccnc2)C1C(N)=O. The first-order valence-electron chi connectivity index (χ1n) is 10.2. The molecule has 0 bridgehead atoms. The number of rotatable bonds is 5. The van der Waals surface area contributed by atoms with Crippen LogP contribution in [0.2, 0.25) is 0 Å². The van der Waals surface area contributed by atoms with Crippen molar-refractivity contribution in [3.63, 3.8) is 0 Å². The third-order valence-corrected chi connectivity index (χ3v) is 6.34. The van der Waals surface area contributed by atoms with E-state index in [0.717, 1.165) is 0 Å². The van der Waals surface area contributed by atoms with E-state index in [4.69, 9.17) is 10.5 Å². The number of aromatic amines is 1. The van der Waals surface area contributed by atoms with Crippen molar-refractivity contribution in [3.8, 4) is 0 Å². The standard InChI is InChI=1S/C23H24N4O4S/c1-23(2,3)31-22(30)18-17(14-8-4-5-9-16(14)26-18)20(28)15-12-32-27(19(15)21(24)29)13-7-6-10-25-11-13/h4-11,15,19,26H,12H2,1-3H3,(H2,24,29). The fourth-order valence-electron chi connectivity index (χ4n) is 3.81. The number of hydrogen-bond donors (Lipinski definition) is 2. The Bertz CT molecular complexity index is 1190. The Morgan fingerprint density at radius 3 is 2.59 bits per heavy atom. The van der Waals surface area contributed by atoms with Gasteiger partial charge in [-0.3, -0.25) is 14.6 Å². The molecule has 2 aromatic heterocycles. The zero-order chi connectivity index (χ0) is 23.0. The minimum Gasteiger partial charge on any atom is -0.455 e. The number of benzene rings is 1. The van der Waals surface area contributed by atoms with E-state index in [-0.39, 0.29) is 17.0 Å². The van der Waals surface area contributed by atoms with Gasteiger partial charge in [0.1, 0.15) is 17.3 Å². The molecule has 3 aromatic rings. The minimum atomic E-state index is -0.878. The van der Waals surface area contributed by atoms with E-state index >= 15 is 0 Å². The first-order valence-corrected chi connectivity index (χ1v) is 11.1. The molecule has 1 saturated heterocycles. The zero-order valence-corrected chi connectivity index (χ0v) is 18.8. The summed E-state index contributed by atoms with van der Waals surface area (Å²) in [6.45, 7) is 5.28. The largest absolute Gasteiger partial charge is 0.455 e. The molecule has 3 N–H and O–H groups in total. The quantitative estimate of drug-likeness (QED) is 0.346. The van der Waals surface area contributed by atoms with Crippen molar-refractivity contribution in [3.05, 3.63) is 60.0 Å². The maximum absolute atomic E-state index is 13.8. The lowest BCUT2D eigenvalue weighted by atomic mass is 9.90. The number of carbonyl (C=O) groups excluding carboxylic acids is 3. The van der Waals surface area contributed by atoms with Gasteiger partial charge in [0, 0.05) is 22.9 Å². The Balaban J connectivity index is 1.77. The van der Waals surface area contributed by atoms with E-state index in [0.29, 0.717) is 22.3 Å². The van der Waals surface area contributed by atoms with Gasteiger partial charge in [0.25, 0.3) is 0 Å². The number of hydrogen-bond acceptors (Lipinski definition) is 7. The first-order chi connectivity index (χ1) is 15.2. The van der Waals surface area contributed by atoms with E-state index in [1.54, 1.807) is 67.8 Å². The van der Waals surface area contributed by atoms with Crippen LogP contribution in [-0.4, -0.2) is 45.0 Å². The lowest BCUT2D eigenvalue weighted by molar-refractivity contribution is -0.119. The van der Waals surface area contributed by atoms with Gasteiger partial charge < -0.3 is 19.8 Å². The number of fused-ring (bicyclic) bond motifs is 1. The molecular formula is C23H24N4O4S. The highest BCUT2D eigenvalue weighted by molar-refractivity contribution is 8.01. The number of esters is 1. The van der Waals surface area contributed by atoms with Gasteiger partial charge in [-0.2, -0.15) is 0 Å². The Labute approximate surface area is 189 Å². The van der Waals surface area contributed by atoms with E-state index in [1.165, 1.54) is 11.9 Å². The summed E-state index contributed by atoms with van der Waals surface area (Å²) < 4.78 is 7.26. The highest BCUT2D eigenvalue weighted by Gasteiger charge is 2.45. The summed E-state index contributed by atoms with van der Waals surface area (Å²) in [5.74, 6) is -1.96. The Morgan fingerprint density at radius 1 is 1.19 bits per heavy atom. The fourth-order valence-corrected chi connectivity index (χ4v) is 5.14. The third-order valence-electron chi connectivity index (χ3n) is 5.11. The summed E-state index contributed by atoms with van der Waals surface area (Å²) in [7, 11) is 0. The fraction of sp³-hybridized carbons (Fsp3) is 0.304. The Hall–Kier alpha value is -3.33. The van der Waals surface area contributed by atoms with Gasteiger partial charge in [0.2, 0.25) is 5.91 Å². The van der Waals surface area contributed by atoms with Crippen molar-refractivity contribution < 1.29 is 19.1 Å². The lowest BCUT2D eigenvalue weighted by Gasteiger charge is -2.25. The molecule has 2 atom stereocenters. The number of ether oxygens (including phenoxy) is 1. The normalized spacial score (nSPS) is 18.7. The molecule has 32 heavy (non-hydrogen) atoms. The van der Waals surface area contributed by atoms with Crippen molar-refractivity contribution >= 4 is 46.2 Å². The summed E-state index contributed by atoms with van der Waals surface area (Å²) >= 11 is 1.34. The zero-order valence-electron chi connectivity index (χ0n) is 18.0. The summed E-state index contributed by atoms with van der Waals surface area (Å²) in [6, 6.07) is 9.85. The summed E-state index contributed by atoms with van der Waals surface area (Å²) in [5, 5.41) is 0.603. The molecule has 9 heteroatoms. The molecule has 0 aliphatic carbocycles. The second-order valence-corrected chi connectivity index (χ2v) is 9.56. The first kappa shape index (κ1) is 21.9. The number of nitrogens with one attached hydrogen (secondary N) is 1. The number of ketones is 1. The number of Topliss-reactive ketones (excluding diaryl/α,β-unsaturated/α-hetero) is 1. The maximum atomic E-state index is 13.8. The lowest BCUT2D eigenvalue weighted by Crippen LogP contribution is -2.45. The third kappa shape index (κ3) is 4.08. The molecule has 1 aliphatic heterocycles. The highest BCUT2D eigenvalue weighted by atomic mass is 32.2. The highest BCUT2D eigenvalue weighted by Crippen LogP contribution is 2.39. The van der Waals surface area contributed by atoms with Gasteiger partial charge in [-0.15, -0.1) is 0 Å². The van der Waals surface area contributed by atoms with E-state index in [9.17, 15) is 14.4 Å². The molecule has 4 rings (SSSR count). The van der Waals surface area contributed by atoms with E-state index in [1.807, 2.05) is 6.07 Å². The number of nitrogens with zero attached hydrogens (tertiary/aromatic N) is 2. The van der Waals surface area contributed by atoms with Crippen LogP contribution in [0.15, 0.2) is 48.8 Å². The van der Waals surface area contributed by atoms with Crippen LogP contribution < -0.4 is 10.0 Å². The second-order valence-electron chi connectivity index (χ2n) is 8.57. The van der Waals surface area contributed by atoms with Crippen LogP contribution in [0.1, 0.15) is 41.6 Å².